The Morgan fingerprint density at radius 2 is 2.32 bits per heavy atom. The van der Waals surface area contributed by atoms with E-state index >= 15 is 0 Å². The number of nitrogens with zero attached hydrogens (tertiary/aromatic N) is 1. The summed E-state index contributed by atoms with van der Waals surface area (Å²) in [5.74, 6) is -0.912. The first-order valence-electron chi connectivity index (χ1n) is 6.39. The molecular formula is C14H19NO4. The Bertz CT molecular complexity index is 449. The molecule has 1 saturated heterocycles. The minimum Gasteiger partial charge on any atom is -0.478 e. The van der Waals surface area contributed by atoms with Crippen molar-refractivity contribution in [1.29, 1.82) is 0 Å². The second-order valence-electron chi connectivity index (χ2n) is 4.92. The molecule has 2 rings (SSSR count). The minimum absolute atomic E-state index is 0.0123. The number of aromatic carboxylic acids is 1. The van der Waals surface area contributed by atoms with Crippen LogP contribution in [0.3, 0.4) is 0 Å². The third-order valence-electron chi connectivity index (χ3n) is 3.40. The van der Waals surface area contributed by atoms with Crippen LogP contribution < -0.4 is 0 Å². The molecule has 2 unspecified atom stereocenters. The summed E-state index contributed by atoms with van der Waals surface area (Å²) in [5, 5.41) is 18.1. The van der Waals surface area contributed by atoms with Crippen LogP contribution in [0, 0.1) is 0 Å². The molecule has 1 aromatic carbocycles. The van der Waals surface area contributed by atoms with Crippen LogP contribution in [0.2, 0.25) is 0 Å². The van der Waals surface area contributed by atoms with E-state index in [2.05, 4.69) is 11.8 Å². The van der Waals surface area contributed by atoms with Crippen LogP contribution in [0.1, 0.15) is 22.8 Å². The normalized spacial score (nSPS) is 24.3. The predicted octanol–water partition coefficient (Wildman–Crippen LogP) is 0.966. The quantitative estimate of drug-likeness (QED) is 0.849. The van der Waals surface area contributed by atoms with E-state index in [4.69, 9.17) is 14.9 Å². The van der Waals surface area contributed by atoms with Crippen molar-refractivity contribution < 1.29 is 19.7 Å². The SMILES string of the molecule is CC1COC(CO)CN1Cc1cccc(C(=O)O)c1. The lowest BCUT2D eigenvalue weighted by molar-refractivity contribution is -0.0805. The third-order valence-corrected chi connectivity index (χ3v) is 3.40. The van der Waals surface area contributed by atoms with Crippen LogP contribution in [0.5, 0.6) is 0 Å². The Labute approximate surface area is 112 Å². The zero-order chi connectivity index (χ0) is 13.8. The van der Waals surface area contributed by atoms with Gasteiger partial charge in [-0.1, -0.05) is 12.1 Å². The number of aliphatic hydroxyl groups excluding tert-OH is 1. The van der Waals surface area contributed by atoms with Gasteiger partial charge in [-0.2, -0.15) is 0 Å². The highest BCUT2D eigenvalue weighted by molar-refractivity contribution is 5.87. The first-order valence-corrected chi connectivity index (χ1v) is 6.39. The fourth-order valence-corrected chi connectivity index (χ4v) is 2.24. The number of carboxylic acids is 1. The van der Waals surface area contributed by atoms with Crippen molar-refractivity contribution in [2.75, 3.05) is 19.8 Å². The van der Waals surface area contributed by atoms with Gasteiger partial charge in [0.1, 0.15) is 0 Å². The van der Waals surface area contributed by atoms with Gasteiger partial charge >= 0.3 is 5.97 Å². The van der Waals surface area contributed by atoms with E-state index in [0.717, 1.165) is 5.56 Å². The van der Waals surface area contributed by atoms with Gasteiger partial charge in [-0.15, -0.1) is 0 Å². The maximum Gasteiger partial charge on any atom is 0.335 e. The molecule has 1 heterocycles. The lowest BCUT2D eigenvalue weighted by Gasteiger charge is -2.37. The molecule has 0 bridgehead atoms. The number of carbonyl (C=O) groups is 1. The van der Waals surface area contributed by atoms with E-state index in [-0.39, 0.29) is 18.8 Å². The van der Waals surface area contributed by atoms with Gasteiger partial charge in [0.05, 0.1) is 24.9 Å². The van der Waals surface area contributed by atoms with Crippen LogP contribution in [-0.2, 0) is 11.3 Å². The molecule has 0 radical (unpaired) electrons. The smallest absolute Gasteiger partial charge is 0.335 e. The van der Waals surface area contributed by atoms with Crippen LogP contribution in [0.25, 0.3) is 0 Å². The molecule has 1 aliphatic heterocycles. The van der Waals surface area contributed by atoms with Crippen LogP contribution in [-0.4, -0.2) is 53.0 Å². The number of ether oxygens (including phenoxy) is 1. The monoisotopic (exact) mass is 265 g/mol. The van der Waals surface area contributed by atoms with E-state index in [1.165, 1.54) is 0 Å². The summed E-state index contributed by atoms with van der Waals surface area (Å²) in [5.41, 5.74) is 1.27. The molecule has 2 N–H and O–H groups in total. The van der Waals surface area contributed by atoms with Crippen molar-refractivity contribution in [3.05, 3.63) is 35.4 Å². The van der Waals surface area contributed by atoms with Gasteiger partial charge in [0.15, 0.2) is 0 Å². The summed E-state index contributed by atoms with van der Waals surface area (Å²) in [4.78, 5) is 13.1. The standard InChI is InChI=1S/C14H19NO4/c1-10-9-19-13(8-16)7-15(10)6-11-3-2-4-12(5-11)14(17)18/h2-5,10,13,16H,6-9H2,1H3,(H,17,18). The molecule has 2 atom stereocenters. The molecule has 5 heteroatoms. The van der Waals surface area contributed by atoms with Gasteiger partial charge in [0.25, 0.3) is 0 Å². The maximum absolute atomic E-state index is 10.9. The second-order valence-corrected chi connectivity index (χ2v) is 4.92. The van der Waals surface area contributed by atoms with Gasteiger partial charge in [-0.25, -0.2) is 4.79 Å². The van der Waals surface area contributed by atoms with Crippen molar-refractivity contribution in [3.63, 3.8) is 0 Å². The largest absolute Gasteiger partial charge is 0.478 e. The number of hydrogen-bond donors (Lipinski definition) is 2. The Balaban J connectivity index is 2.06. The first kappa shape index (κ1) is 14.0. The van der Waals surface area contributed by atoms with Crippen molar-refractivity contribution >= 4 is 5.97 Å². The number of carboxylic acid groups (broad SMARTS) is 1. The Morgan fingerprint density at radius 1 is 1.53 bits per heavy atom. The first-order chi connectivity index (χ1) is 9.10. The van der Waals surface area contributed by atoms with Gasteiger partial charge in [-0.05, 0) is 24.6 Å². The summed E-state index contributed by atoms with van der Waals surface area (Å²) in [6, 6.07) is 7.22. The molecule has 1 aliphatic rings. The number of morpholine rings is 1. The molecule has 0 aromatic heterocycles. The van der Waals surface area contributed by atoms with Crippen molar-refractivity contribution in [2.45, 2.75) is 25.6 Å². The van der Waals surface area contributed by atoms with Crippen LogP contribution in [0.15, 0.2) is 24.3 Å². The number of rotatable bonds is 4. The Morgan fingerprint density at radius 3 is 3.00 bits per heavy atom. The average Bonchev–Trinajstić information content (AvgIpc) is 2.41. The molecule has 19 heavy (non-hydrogen) atoms. The highest BCUT2D eigenvalue weighted by Gasteiger charge is 2.25. The average molecular weight is 265 g/mol. The van der Waals surface area contributed by atoms with E-state index in [1.807, 2.05) is 6.07 Å². The Kier molecular flexibility index (Phi) is 4.52. The lowest BCUT2D eigenvalue weighted by atomic mass is 10.1. The minimum atomic E-state index is -0.912. The zero-order valence-corrected chi connectivity index (χ0v) is 11.0. The van der Waals surface area contributed by atoms with Gasteiger partial charge < -0.3 is 14.9 Å². The summed E-state index contributed by atoms with van der Waals surface area (Å²) in [7, 11) is 0. The van der Waals surface area contributed by atoms with Crippen LogP contribution in [0.4, 0.5) is 0 Å². The number of benzene rings is 1. The molecular weight excluding hydrogens is 246 g/mol. The summed E-state index contributed by atoms with van der Waals surface area (Å²) >= 11 is 0. The van der Waals surface area contributed by atoms with Crippen LogP contribution >= 0.6 is 0 Å². The summed E-state index contributed by atoms with van der Waals surface area (Å²) in [6.07, 6.45) is -0.154. The molecule has 1 aromatic rings. The van der Waals surface area contributed by atoms with Crippen molar-refractivity contribution in [3.8, 4) is 0 Å². The van der Waals surface area contributed by atoms with E-state index in [0.29, 0.717) is 25.3 Å². The highest BCUT2D eigenvalue weighted by Crippen LogP contribution is 2.16. The molecule has 104 valence electrons. The van der Waals surface area contributed by atoms with Gasteiger partial charge in [-0.3, -0.25) is 4.90 Å². The Hall–Kier alpha value is -1.43. The van der Waals surface area contributed by atoms with Gasteiger partial charge in [0.2, 0.25) is 0 Å². The van der Waals surface area contributed by atoms with Gasteiger partial charge in [0, 0.05) is 19.1 Å². The fourth-order valence-electron chi connectivity index (χ4n) is 2.24. The van der Waals surface area contributed by atoms with E-state index in [1.54, 1.807) is 18.2 Å². The number of hydrogen-bond acceptors (Lipinski definition) is 4. The highest BCUT2D eigenvalue weighted by atomic mass is 16.5. The fraction of sp³-hybridized carbons (Fsp3) is 0.500. The zero-order valence-electron chi connectivity index (χ0n) is 11.0. The summed E-state index contributed by atoms with van der Waals surface area (Å²) < 4.78 is 5.48. The second kappa shape index (κ2) is 6.14. The molecule has 0 spiro atoms. The number of aliphatic hydroxyl groups is 1. The molecule has 5 nitrogen and oxygen atoms in total. The third kappa shape index (κ3) is 3.53. The molecule has 1 fully saturated rings. The molecule has 0 saturated carbocycles. The van der Waals surface area contributed by atoms with Crippen molar-refractivity contribution in [1.82, 2.24) is 4.90 Å². The predicted molar refractivity (Wildman–Crippen MR) is 70.1 cm³/mol. The topological polar surface area (TPSA) is 70.0 Å². The molecule has 0 aliphatic carbocycles. The lowest BCUT2D eigenvalue weighted by Crippen LogP contribution is -2.48. The maximum atomic E-state index is 10.9. The summed E-state index contributed by atoms with van der Waals surface area (Å²) in [6.45, 7) is 3.99. The van der Waals surface area contributed by atoms with E-state index in [9.17, 15) is 4.79 Å². The van der Waals surface area contributed by atoms with E-state index < -0.39 is 5.97 Å². The van der Waals surface area contributed by atoms with Crippen molar-refractivity contribution in [2.24, 2.45) is 0 Å². The molecule has 0 amide bonds.